The maximum Gasteiger partial charge on any atom is 0.418 e. The van der Waals surface area contributed by atoms with Crippen molar-refractivity contribution in [1.29, 1.82) is 10.7 Å². The van der Waals surface area contributed by atoms with Crippen LogP contribution in [0, 0.1) is 16.7 Å². The summed E-state index contributed by atoms with van der Waals surface area (Å²) in [5, 5.41) is 17.4. The molecule has 3 N–H and O–H groups in total. The molecular weight excluding hydrogens is 414 g/mol. The lowest BCUT2D eigenvalue weighted by molar-refractivity contribution is -0.0316. The first-order chi connectivity index (χ1) is 13.0. The third-order valence-corrected chi connectivity index (χ3v) is 6.10. The minimum atomic E-state index is -4.90. The number of hydroxylamine groups is 2. The van der Waals surface area contributed by atoms with Crippen LogP contribution in [0.15, 0.2) is 29.2 Å². The molecule has 0 aromatic heterocycles. The highest BCUT2D eigenvalue weighted by atomic mass is 32.3. The number of nitriles is 1. The summed E-state index contributed by atoms with van der Waals surface area (Å²) in [5.74, 6) is -0.468. The zero-order valence-corrected chi connectivity index (χ0v) is 15.8. The van der Waals surface area contributed by atoms with Gasteiger partial charge in [0.15, 0.2) is 0 Å². The molecule has 12 nitrogen and oxygen atoms in total. The van der Waals surface area contributed by atoms with Crippen LogP contribution >= 0.6 is 0 Å². The van der Waals surface area contributed by atoms with Crippen molar-refractivity contribution in [3.8, 4) is 6.07 Å². The van der Waals surface area contributed by atoms with Gasteiger partial charge in [0, 0.05) is 6.54 Å². The van der Waals surface area contributed by atoms with E-state index >= 15 is 0 Å². The highest BCUT2D eigenvalue weighted by molar-refractivity contribution is 7.90. The Labute approximate surface area is 160 Å². The minimum absolute atomic E-state index is 0.0139. The van der Waals surface area contributed by atoms with Gasteiger partial charge in [-0.25, -0.2) is 13.2 Å². The predicted molar refractivity (Wildman–Crippen MR) is 92.6 cm³/mol. The molecule has 2 heterocycles. The van der Waals surface area contributed by atoms with Gasteiger partial charge < -0.3 is 4.90 Å². The molecule has 150 valence electrons. The second-order valence-corrected chi connectivity index (χ2v) is 8.85. The topological polar surface area (TPSA) is 181 Å². The third kappa shape index (κ3) is 3.92. The lowest BCUT2D eigenvalue weighted by Gasteiger charge is -2.30. The van der Waals surface area contributed by atoms with Crippen molar-refractivity contribution in [2.75, 3.05) is 6.54 Å². The first-order valence-corrected chi connectivity index (χ1v) is 10.7. The van der Waals surface area contributed by atoms with E-state index < -0.39 is 44.4 Å². The lowest BCUT2D eigenvalue weighted by atomic mass is 10.0. The molecule has 0 saturated carbocycles. The van der Waals surface area contributed by atoms with Crippen molar-refractivity contribution in [3.05, 3.63) is 29.8 Å². The Bertz CT molecular complexity index is 1060. The van der Waals surface area contributed by atoms with Gasteiger partial charge in [0.25, 0.3) is 10.0 Å². The molecule has 28 heavy (non-hydrogen) atoms. The zero-order valence-electron chi connectivity index (χ0n) is 14.1. The molecule has 2 fully saturated rings. The Kier molecular flexibility index (Phi) is 5.02. The van der Waals surface area contributed by atoms with Crippen LogP contribution in [-0.4, -0.2) is 61.8 Å². The maximum absolute atomic E-state index is 12.4. The van der Waals surface area contributed by atoms with E-state index in [0.29, 0.717) is 5.06 Å². The average Bonchev–Trinajstić information content (AvgIpc) is 2.85. The van der Waals surface area contributed by atoms with Crippen LogP contribution < -0.4 is 4.72 Å². The van der Waals surface area contributed by atoms with Gasteiger partial charge in [-0.3, -0.25) is 14.7 Å². The number of rotatable bonds is 5. The Hall–Kier alpha value is -2.73. The van der Waals surface area contributed by atoms with Crippen LogP contribution in [-0.2, 0) is 24.7 Å². The number of nitrogens with one attached hydrogen (secondary N) is 2. The van der Waals surface area contributed by atoms with Gasteiger partial charge >= 0.3 is 16.4 Å². The average molecular weight is 429 g/mol. The number of amidine groups is 1. The molecule has 0 aliphatic carbocycles. The maximum atomic E-state index is 12.4. The Balaban J connectivity index is 1.75. The number of urea groups is 1. The van der Waals surface area contributed by atoms with Gasteiger partial charge in [0.2, 0.25) is 0 Å². The SMILES string of the molecule is N#Cc1ccc(S(=O)(=O)NC(=N)C2CCC3CN2C(=O)N3OS(=O)(=O)O)cc1. The molecule has 0 spiro atoms. The van der Waals surface area contributed by atoms with Crippen molar-refractivity contribution in [1.82, 2.24) is 14.7 Å². The quantitative estimate of drug-likeness (QED) is 0.327. The second kappa shape index (κ2) is 7.02. The van der Waals surface area contributed by atoms with Crippen molar-refractivity contribution in [3.63, 3.8) is 0 Å². The van der Waals surface area contributed by atoms with Crippen LogP contribution in [0.5, 0.6) is 0 Å². The lowest BCUT2D eigenvalue weighted by Crippen LogP contribution is -2.50. The van der Waals surface area contributed by atoms with Gasteiger partial charge in [-0.15, -0.1) is 4.28 Å². The van der Waals surface area contributed by atoms with Crippen molar-refractivity contribution < 1.29 is 30.5 Å². The minimum Gasteiger partial charge on any atom is -0.310 e. The fraction of sp³-hybridized carbons (Fsp3) is 0.357. The monoisotopic (exact) mass is 429 g/mol. The summed E-state index contributed by atoms with van der Waals surface area (Å²) >= 11 is 0. The molecule has 0 radical (unpaired) electrons. The van der Waals surface area contributed by atoms with Gasteiger partial charge in [-0.2, -0.15) is 18.7 Å². The smallest absolute Gasteiger partial charge is 0.310 e. The van der Waals surface area contributed by atoms with Crippen LogP contribution in [0.4, 0.5) is 4.79 Å². The van der Waals surface area contributed by atoms with E-state index in [1.165, 1.54) is 24.3 Å². The van der Waals surface area contributed by atoms with Crippen molar-refractivity contribution in [2.45, 2.75) is 29.8 Å². The normalized spacial score (nSPS) is 22.1. The number of nitrogens with zero attached hydrogens (tertiary/aromatic N) is 3. The Morgan fingerprint density at radius 3 is 2.46 bits per heavy atom. The standard InChI is InChI=1S/C14H15N5O7S2/c15-7-9-1-4-11(5-2-9)27(21,22)17-13(16)12-6-3-10-8-18(12)14(20)19(10)26-28(23,24)25/h1-2,4-5,10,12H,3,6,8H2,(H2,16,17)(H,23,24,25). The zero-order chi connectivity index (χ0) is 20.7. The van der Waals surface area contributed by atoms with Gasteiger partial charge in [0.1, 0.15) is 5.84 Å². The number of piperidine rings is 1. The van der Waals surface area contributed by atoms with Crippen LogP contribution in [0.25, 0.3) is 0 Å². The number of hydrogen-bond donors (Lipinski definition) is 3. The van der Waals surface area contributed by atoms with E-state index in [2.05, 4.69) is 9.01 Å². The number of hydrogen-bond acceptors (Lipinski definition) is 8. The fourth-order valence-corrected chi connectivity index (χ4v) is 4.54. The molecule has 1 aromatic rings. The summed E-state index contributed by atoms with van der Waals surface area (Å²) in [5.41, 5.74) is 0.272. The van der Waals surface area contributed by atoms with E-state index in [1.807, 2.05) is 6.07 Å². The van der Waals surface area contributed by atoms with Crippen LogP contribution in [0.2, 0.25) is 0 Å². The van der Waals surface area contributed by atoms with Crippen LogP contribution in [0.1, 0.15) is 18.4 Å². The summed E-state index contributed by atoms with van der Waals surface area (Å²) < 4.78 is 61.8. The van der Waals surface area contributed by atoms with Gasteiger partial charge in [-0.1, -0.05) is 0 Å². The van der Waals surface area contributed by atoms with E-state index in [0.717, 1.165) is 4.90 Å². The molecule has 14 heteroatoms. The Morgan fingerprint density at radius 1 is 1.25 bits per heavy atom. The number of fused-ring (bicyclic) bond motifs is 2. The molecule has 2 amide bonds. The first-order valence-electron chi connectivity index (χ1n) is 7.90. The molecule has 2 aliphatic heterocycles. The van der Waals surface area contributed by atoms with E-state index in [9.17, 15) is 21.6 Å². The van der Waals surface area contributed by atoms with Crippen LogP contribution in [0.3, 0.4) is 0 Å². The second-order valence-electron chi connectivity index (χ2n) is 6.17. The summed E-state index contributed by atoms with van der Waals surface area (Å²) in [7, 11) is -9.01. The number of amides is 2. The van der Waals surface area contributed by atoms with E-state index in [-0.39, 0.29) is 29.8 Å². The molecule has 1 aromatic carbocycles. The molecule has 2 atom stereocenters. The number of benzene rings is 1. The highest BCUT2D eigenvalue weighted by Crippen LogP contribution is 2.31. The van der Waals surface area contributed by atoms with Crippen molar-refractivity contribution >= 4 is 32.3 Å². The number of carbonyl (C=O) groups is 1. The van der Waals surface area contributed by atoms with Crippen molar-refractivity contribution in [2.24, 2.45) is 0 Å². The largest absolute Gasteiger partial charge is 0.418 e. The van der Waals surface area contributed by atoms with Gasteiger partial charge in [0.05, 0.1) is 28.6 Å². The number of sulfonamides is 1. The Morgan fingerprint density at radius 2 is 1.89 bits per heavy atom. The summed E-state index contributed by atoms with van der Waals surface area (Å²) in [4.78, 5) is 13.3. The molecular formula is C14H15N5O7S2. The molecule has 2 bridgehead atoms. The fourth-order valence-electron chi connectivity index (χ4n) is 3.11. The third-order valence-electron chi connectivity index (χ3n) is 4.37. The van der Waals surface area contributed by atoms with E-state index in [1.54, 1.807) is 0 Å². The highest BCUT2D eigenvalue weighted by Gasteiger charge is 2.48. The molecule has 2 unspecified atom stereocenters. The molecule has 2 saturated heterocycles. The summed E-state index contributed by atoms with van der Waals surface area (Å²) in [6, 6.07) is 4.45. The summed E-state index contributed by atoms with van der Waals surface area (Å²) in [6.07, 6.45) is 0.430. The predicted octanol–water partition coefficient (Wildman–Crippen LogP) is -0.183. The number of carbonyl (C=O) groups excluding carboxylic acids is 1. The molecule has 3 rings (SSSR count). The van der Waals surface area contributed by atoms with Gasteiger partial charge in [-0.05, 0) is 37.1 Å². The first kappa shape index (κ1) is 20.0. The molecule has 2 aliphatic rings. The van der Waals surface area contributed by atoms with E-state index in [4.69, 9.17) is 15.2 Å². The summed E-state index contributed by atoms with van der Waals surface area (Å²) in [6.45, 7) is 0.0139.